The van der Waals surface area contributed by atoms with Gasteiger partial charge in [-0.3, -0.25) is 4.90 Å². The van der Waals surface area contributed by atoms with Crippen LogP contribution in [0.1, 0.15) is 79.1 Å². The van der Waals surface area contributed by atoms with Crippen LogP contribution in [0.5, 0.6) is 0 Å². The van der Waals surface area contributed by atoms with E-state index >= 15 is 0 Å². The maximum absolute atomic E-state index is 9.97. The fourth-order valence-electron chi connectivity index (χ4n) is 6.68. The maximum Gasteiger partial charge on any atom is 0.0667 e. The second-order valence-corrected chi connectivity index (χ2v) is 12.6. The molecular formula is C29H59N5O. The number of hydrogen-bond acceptors (Lipinski definition) is 6. The molecule has 1 N–H and O–H groups in total. The summed E-state index contributed by atoms with van der Waals surface area (Å²) in [6, 6.07) is 2.76. The zero-order valence-corrected chi connectivity index (χ0v) is 24.2. The van der Waals surface area contributed by atoms with E-state index in [-0.39, 0.29) is 6.10 Å². The average Bonchev–Trinajstić information content (AvgIpc) is 2.86. The minimum Gasteiger partial charge on any atom is -0.392 e. The lowest BCUT2D eigenvalue weighted by atomic mass is 9.94. The molecule has 6 nitrogen and oxygen atoms in total. The van der Waals surface area contributed by atoms with Gasteiger partial charge in [-0.05, 0) is 145 Å². The van der Waals surface area contributed by atoms with Gasteiger partial charge < -0.3 is 24.7 Å². The first-order chi connectivity index (χ1) is 16.7. The summed E-state index contributed by atoms with van der Waals surface area (Å²) in [6.07, 6.45) is 9.90. The minimum atomic E-state index is -0.111. The fraction of sp³-hybridized carbons (Fsp3) is 1.00. The van der Waals surface area contributed by atoms with Crippen molar-refractivity contribution in [2.75, 3.05) is 73.0 Å². The van der Waals surface area contributed by atoms with Crippen molar-refractivity contribution in [3.05, 3.63) is 0 Å². The van der Waals surface area contributed by atoms with E-state index in [0.717, 1.165) is 37.9 Å². The van der Waals surface area contributed by atoms with Gasteiger partial charge in [-0.1, -0.05) is 0 Å². The Hall–Kier alpha value is -0.240. The SMILES string of the molecule is CC(C)N1CCC(N(C)CCC(C)N2CCC(CN(C)CCC(C)N3CCCC(O)C3)CC2)CC1. The summed E-state index contributed by atoms with van der Waals surface area (Å²) in [5.41, 5.74) is 0. The predicted molar refractivity (Wildman–Crippen MR) is 149 cm³/mol. The number of piperidine rings is 3. The van der Waals surface area contributed by atoms with Crippen LogP contribution >= 0.6 is 0 Å². The minimum absolute atomic E-state index is 0.111. The van der Waals surface area contributed by atoms with E-state index in [4.69, 9.17) is 0 Å². The van der Waals surface area contributed by atoms with Gasteiger partial charge in [0.2, 0.25) is 0 Å². The van der Waals surface area contributed by atoms with Gasteiger partial charge in [0.25, 0.3) is 0 Å². The van der Waals surface area contributed by atoms with E-state index in [2.05, 4.69) is 66.3 Å². The zero-order valence-electron chi connectivity index (χ0n) is 24.2. The summed E-state index contributed by atoms with van der Waals surface area (Å²) in [4.78, 5) is 13.1. The summed E-state index contributed by atoms with van der Waals surface area (Å²) in [6.45, 7) is 20.2. The first-order valence-electron chi connectivity index (χ1n) is 15.0. The highest BCUT2D eigenvalue weighted by Gasteiger charge is 2.27. The molecule has 3 saturated heterocycles. The largest absolute Gasteiger partial charge is 0.392 e. The predicted octanol–water partition coefficient (Wildman–Crippen LogP) is 3.45. The molecule has 3 aliphatic heterocycles. The molecule has 0 radical (unpaired) electrons. The van der Waals surface area contributed by atoms with Crippen molar-refractivity contribution < 1.29 is 5.11 Å². The molecule has 35 heavy (non-hydrogen) atoms. The highest BCUT2D eigenvalue weighted by molar-refractivity contribution is 4.83. The monoisotopic (exact) mass is 493 g/mol. The van der Waals surface area contributed by atoms with Crippen molar-refractivity contribution in [3.8, 4) is 0 Å². The van der Waals surface area contributed by atoms with Crippen LogP contribution in [0.25, 0.3) is 0 Å². The molecule has 0 saturated carbocycles. The van der Waals surface area contributed by atoms with Crippen LogP contribution in [-0.2, 0) is 0 Å². The number of rotatable bonds is 12. The second-order valence-electron chi connectivity index (χ2n) is 12.6. The summed E-state index contributed by atoms with van der Waals surface area (Å²) >= 11 is 0. The van der Waals surface area contributed by atoms with Gasteiger partial charge >= 0.3 is 0 Å². The molecule has 0 aliphatic carbocycles. The number of hydrogen-bond donors (Lipinski definition) is 1. The Labute approximate surface area is 218 Å². The quantitative estimate of drug-likeness (QED) is 0.449. The highest BCUT2D eigenvalue weighted by Crippen LogP contribution is 2.23. The summed E-state index contributed by atoms with van der Waals surface area (Å²) in [7, 11) is 4.67. The first kappa shape index (κ1) is 29.3. The normalized spacial score (nSPS) is 26.7. The molecular weight excluding hydrogens is 434 g/mol. The second kappa shape index (κ2) is 14.6. The number of nitrogens with zero attached hydrogens (tertiary/aromatic N) is 5. The molecule has 0 aromatic rings. The lowest BCUT2D eigenvalue weighted by Crippen LogP contribution is -2.47. The van der Waals surface area contributed by atoms with Crippen LogP contribution in [0, 0.1) is 5.92 Å². The van der Waals surface area contributed by atoms with Crippen molar-refractivity contribution in [2.24, 2.45) is 5.92 Å². The van der Waals surface area contributed by atoms with E-state index in [1.807, 2.05) is 0 Å². The molecule has 0 amide bonds. The average molecular weight is 494 g/mol. The van der Waals surface area contributed by atoms with Crippen molar-refractivity contribution in [3.63, 3.8) is 0 Å². The molecule has 0 aromatic carbocycles. The van der Waals surface area contributed by atoms with Gasteiger partial charge in [0, 0.05) is 37.3 Å². The fourth-order valence-corrected chi connectivity index (χ4v) is 6.68. The Morgan fingerprint density at radius 3 is 1.97 bits per heavy atom. The third kappa shape index (κ3) is 9.54. The van der Waals surface area contributed by atoms with E-state index in [9.17, 15) is 5.11 Å². The molecule has 3 aliphatic rings. The highest BCUT2D eigenvalue weighted by atomic mass is 16.3. The third-order valence-electron chi connectivity index (χ3n) is 9.57. The Kier molecular flexibility index (Phi) is 12.3. The molecule has 0 aromatic heterocycles. The Morgan fingerprint density at radius 2 is 1.34 bits per heavy atom. The lowest BCUT2D eigenvalue weighted by Gasteiger charge is -2.40. The molecule has 3 rings (SSSR count). The van der Waals surface area contributed by atoms with Crippen molar-refractivity contribution in [2.45, 2.75) is 109 Å². The van der Waals surface area contributed by atoms with Gasteiger partial charge in [0.15, 0.2) is 0 Å². The summed E-state index contributed by atoms with van der Waals surface area (Å²) < 4.78 is 0. The Morgan fingerprint density at radius 1 is 0.743 bits per heavy atom. The van der Waals surface area contributed by atoms with Crippen LogP contribution in [0.15, 0.2) is 0 Å². The van der Waals surface area contributed by atoms with Gasteiger partial charge in [-0.2, -0.15) is 0 Å². The van der Waals surface area contributed by atoms with E-state index in [1.54, 1.807) is 0 Å². The molecule has 3 atom stereocenters. The third-order valence-corrected chi connectivity index (χ3v) is 9.57. The van der Waals surface area contributed by atoms with Crippen molar-refractivity contribution >= 4 is 0 Å². The topological polar surface area (TPSA) is 36.4 Å². The first-order valence-corrected chi connectivity index (χ1v) is 15.0. The van der Waals surface area contributed by atoms with E-state index in [1.165, 1.54) is 84.3 Å². The molecule has 206 valence electrons. The van der Waals surface area contributed by atoms with Crippen LogP contribution < -0.4 is 0 Å². The van der Waals surface area contributed by atoms with E-state index in [0.29, 0.717) is 18.1 Å². The van der Waals surface area contributed by atoms with Gasteiger partial charge in [-0.15, -0.1) is 0 Å². The van der Waals surface area contributed by atoms with Crippen LogP contribution in [-0.4, -0.2) is 133 Å². The number of β-amino-alcohol motifs (C(OH)–C–C–N with tert-alkyl or cyclic N) is 1. The van der Waals surface area contributed by atoms with Crippen LogP contribution in [0.3, 0.4) is 0 Å². The van der Waals surface area contributed by atoms with Crippen molar-refractivity contribution in [1.29, 1.82) is 0 Å². The van der Waals surface area contributed by atoms with Gasteiger partial charge in [0.1, 0.15) is 0 Å². The number of likely N-dealkylation sites (tertiary alicyclic amines) is 3. The smallest absolute Gasteiger partial charge is 0.0667 e. The summed E-state index contributed by atoms with van der Waals surface area (Å²) in [5, 5.41) is 9.97. The molecule has 6 heteroatoms. The molecule has 3 unspecified atom stereocenters. The van der Waals surface area contributed by atoms with Gasteiger partial charge in [-0.25, -0.2) is 0 Å². The summed E-state index contributed by atoms with van der Waals surface area (Å²) in [5.74, 6) is 0.851. The Balaban J connectivity index is 1.27. The van der Waals surface area contributed by atoms with E-state index < -0.39 is 0 Å². The van der Waals surface area contributed by atoms with Crippen LogP contribution in [0.2, 0.25) is 0 Å². The molecule has 3 fully saturated rings. The van der Waals surface area contributed by atoms with Crippen LogP contribution in [0.4, 0.5) is 0 Å². The maximum atomic E-state index is 9.97. The standard InChI is InChI=1S/C29H59N5O/c1-24(2)32-20-13-28(14-21-32)31(6)17-10-25(3)33-18-11-27(12-19-33)22-30(5)16-9-26(4)34-15-7-8-29(35)23-34/h24-29,35H,7-23H2,1-6H3. The zero-order chi connectivity index (χ0) is 25.4. The molecule has 0 bridgehead atoms. The molecule has 3 heterocycles. The molecule has 0 spiro atoms. The lowest BCUT2D eigenvalue weighted by molar-refractivity contribution is 0.0454. The Bertz CT molecular complexity index is 573. The van der Waals surface area contributed by atoms with Gasteiger partial charge in [0.05, 0.1) is 6.10 Å². The number of aliphatic hydroxyl groups excluding tert-OH is 1. The van der Waals surface area contributed by atoms with Crippen molar-refractivity contribution in [1.82, 2.24) is 24.5 Å². The number of aliphatic hydroxyl groups is 1.